The van der Waals surface area contributed by atoms with Gasteiger partial charge in [0, 0.05) is 34.1 Å². The van der Waals surface area contributed by atoms with Crippen molar-refractivity contribution in [1.82, 2.24) is 0 Å². The maximum absolute atomic E-state index is 7.79. The monoisotopic (exact) mass is 787 g/mol. The Bertz CT molecular complexity index is 2400. The molecule has 0 N–H and O–H groups in total. The van der Waals surface area contributed by atoms with E-state index >= 15 is 0 Å². The van der Waals surface area contributed by atoms with Crippen LogP contribution in [0.2, 0.25) is 0 Å². The lowest BCUT2D eigenvalue weighted by Gasteiger charge is -2.50. The Labute approximate surface area is 358 Å². The molecule has 0 spiro atoms. The lowest BCUT2D eigenvalue weighted by molar-refractivity contribution is -0.0656. The van der Waals surface area contributed by atoms with Gasteiger partial charge in [0.2, 0.25) is 0 Å². The van der Waals surface area contributed by atoms with E-state index in [1.54, 1.807) is 0 Å². The molecule has 1 fully saturated rings. The maximum atomic E-state index is 7.79. The normalized spacial score (nSPS) is 23.1. The van der Waals surface area contributed by atoms with Crippen LogP contribution in [0.3, 0.4) is 0 Å². The van der Waals surface area contributed by atoms with Gasteiger partial charge in [-0.2, -0.15) is 0 Å². The number of hydrogen-bond acceptors (Lipinski definition) is 3. The van der Waals surface area contributed by atoms with Crippen molar-refractivity contribution in [2.45, 2.75) is 171 Å². The van der Waals surface area contributed by atoms with Gasteiger partial charge in [-0.25, -0.2) is 0 Å². The van der Waals surface area contributed by atoms with Gasteiger partial charge in [0.25, 0.3) is 6.71 Å². The van der Waals surface area contributed by atoms with E-state index in [-0.39, 0.29) is 45.8 Å². The van der Waals surface area contributed by atoms with E-state index in [1.165, 1.54) is 97.5 Å². The van der Waals surface area contributed by atoms with Crippen molar-refractivity contribution in [1.29, 1.82) is 0 Å². The van der Waals surface area contributed by atoms with Gasteiger partial charge in [0.15, 0.2) is 5.88 Å². The van der Waals surface area contributed by atoms with Crippen molar-refractivity contribution in [2.75, 3.05) is 9.80 Å². The number of nitrogens with zero attached hydrogens (tertiary/aromatic N) is 2. The van der Waals surface area contributed by atoms with Crippen molar-refractivity contribution < 1.29 is 4.74 Å². The summed E-state index contributed by atoms with van der Waals surface area (Å²) in [6, 6.07) is 27.1. The Balaban J connectivity index is 1.43. The highest BCUT2D eigenvalue weighted by Gasteiger charge is 2.61. The smallest absolute Gasteiger partial charge is 0.252 e. The molecule has 0 aromatic heterocycles. The van der Waals surface area contributed by atoms with Crippen molar-refractivity contribution in [3.8, 4) is 0 Å². The largest absolute Gasteiger partial charge is 0.475 e. The lowest BCUT2D eigenvalue weighted by atomic mass is 9.30. The van der Waals surface area contributed by atoms with E-state index in [4.69, 9.17) is 4.74 Å². The predicted molar refractivity (Wildman–Crippen MR) is 254 cm³/mol. The summed E-state index contributed by atoms with van der Waals surface area (Å²) in [5, 5.41) is 0. The fraction of sp³-hybridized carbons (Fsp3) is 0.527. The molecule has 310 valence electrons. The highest BCUT2D eigenvalue weighted by atomic mass is 16.5. The first kappa shape index (κ1) is 40.5. The molecule has 0 amide bonds. The number of rotatable bonds is 4. The highest BCUT2D eigenvalue weighted by Crippen LogP contribution is 2.61. The van der Waals surface area contributed by atoms with E-state index < -0.39 is 0 Å². The van der Waals surface area contributed by atoms with Crippen LogP contribution in [0.1, 0.15) is 175 Å². The summed E-state index contributed by atoms with van der Waals surface area (Å²) in [6.45, 7) is 38.7. The van der Waals surface area contributed by atoms with E-state index in [0.717, 1.165) is 12.3 Å². The van der Waals surface area contributed by atoms with Crippen LogP contribution < -0.4 is 20.7 Å². The van der Waals surface area contributed by atoms with Crippen LogP contribution >= 0.6 is 0 Å². The second-order valence-corrected chi connectivity index (χ2v) is 23.7. The predicted octanol–water partition coefficient (Wildman–Crippen LogP) is 14.0. The molecule has 0 bridgehead atoms. The molecule has 9 rings (SSSR count). The van der Waals surface area contributed by atoms with Gasteiger partial charge >= 0.3 is 0 Å². The summed E-state index contributed by atoms with van der Waals surface area (Å²) in [7, 11) is 0. The summed E-state index contributed by atoms with van der Waals surface area (Å²) < 4.78 is 7.79. The molecule has 4 heteroatoms. The average molecular weight is 787 g/mol. The van der Waals surface area contributed by atoms with E-state index in [9.17, 15) is 0 Å². The zero-order valence-corrected chi connectivity index (χ0v) is 39.4. The fourth-order valence-corrected chi connectivity index (χ4v) is 11.7. The molecule has 0 saturated heterocycles. The van der Waals surface area contributed by atoms with Crippen molar-refractivity contribution in [3.05, 3.63) is 111 Å². The third-order valence-corrected chi connectivity index (χ3v) is 15.9. The fourth-order valence-electron chi connectivity index (χ4n) is 11.7. The molecule has 2 atom stereocenters. The number of ether oxygens (including phenoxy) is 1. The van der Waals surface area contributed by atoms with E-state index in [2.05, 4.69) is 187 Å². The van der Waals surface area contributed by atoms with E-state index in [0.29, 0.717) is 11.8 Å². The van der Waals surface area contributed by atoms with Gasteiger partial charge in [0.05, 0.1) is 5.69 Å². The molecule has 1 saturated carbocycles. The first-order chi connectivity index (χ1) is 27.4. The molecule has 59 heavy (non-hydrogen) atoms. The first-order valence-corrected chi connectivity index (χ1v) is 23.0. The minimum Gasteiger partial charge on any atom is -0.475 e. The lowest BCUT2D eigenvalue weighted by Crippen LogP contribution is -2.58. The standard InChI is InChI=1S/C55H71BN2O/c1-32(2)35-17-20-38(21-18-35)57-42-22-19-36(33(3)4)28-41(42)56-47-44(57)29-37(51(6,7)8)30-45(47)58(50-48(56)46-49(59-50)55(15,16)26-25-54(46,13)14)43-31-40-39(27-34(43)5)52(9,10)23-24-53(40,11)12/h17-22,27-33,46,49H,23-26H2,1-16H3. The number of aryl methyl sites for hydroxylation is 1. The first-order valence-electron chi connectivity index (χ1n) is 23.0. The number of anilines is 5. The Hall–Kier alpha value is -3.92. The van der Waals surface area contributed by atoms with Crippen molar-refractivity contribution >= 4 is 46.1 Å². The Morgan fingerprint density at radius 2 is 1.19 bits per heavy atom. The molecule has 2 aliphatic carbocycles. The minimum absolute atomic E-state index is 0.0349. The molecule has 3 nitrogen and oxygen atoms in total. The Morgan fingerprint density at radius 1 is 0.627 bits per heavy atom. The van der Waals surface area contributed by atoms with Crippen LogP contribution in [-0.2, 0) is 21.0 Å². The quantitative estimate of drug-likeness (QED) is 0.192. The SMILES string of the molecule is Cc1cc2c(cc1N1C3=C(B4c5cc(C(C)C)ccc5N(c5ccc(C(C)C)cc5)c5cc(C(C)(C)C)cc1c54)C1C(O3)C(C)(C)CCC1(C)C)C(C)(C)CCC2(C)C. The van der Waals surface area contributed by atoms with Gasteiger partial charge in [-0.3, -0.25) is 4.90 Å². The van der Waals surface area contributed by atoms with Gasteiger partial charge in [0.1, 0.15) is 6.10 Å². The molecule has 0 radical (unpaired) electrons. The van der Waals surface area contributed by atoms with Crippen molar-refractivity contribution in [2.24, 2.45) is 16.7 Å². The third kappa shape index (κ3) is 6.10. The number of benzene rings is 4. The van der Waals surface area contributed by atoms with Crippen LogP contribution in [-0.4, -0.2) is 12.8 Å². The van der Waals surface area contributed by atoms with Crippen LogP contribution in [0, 0.1) is 23.7 Å². The maximum Gasteiger partial charge on any atom is 0.252 e. The number of fused-ring (bicyclic) bond motifs is 6. The summed E-state index contributed by atoms with van der Waals surface area (Å²) in [6.07, 6.45) is 4.82. The molecule has 4 aromatic rings. The van der Waals surface area contributed by atoms with Gasteiger partial charge < -0.3 is 9.64 Å². The summed E-state index contributed by atoms with van der Waals surface area (Å²) in [4.78, 5) is 5.27. The highest BCUT2D eigenvalue weighted by molar-refractivity contribution is 6.95. The molecule has 4 aromatic carbocycles. The summed E-state index contributed by atoms with van der Waals surface area (Å²) in [5.74, 6) is 2.27. The minimum atomic E-state index is -0.0816. The molecule has 2 unspecified atom stereocenters. The molecular weight excluding hydrogens is 715 g/mol. The average Bonchev–Trinajstić information content (AvgIpc) is 3.58. The van der Waals surface area contributed by atoms with Crippen molar-refractivity contribution in [3.63, 3.8) is 0 Å². The van der Waals surface area contributed by atoms with Gasteiger partial charge in [-0.05, 0) is 152 Å². The van der Waals surface area contributed by atoms with Crippen LogP contribution in [0.4, 0.5) is 28.4 Å². The van der Waals surface area contributed by atoms with Gasteiger partial charge in [-0.1, -0.05) is 134 Å². The van der Waals surface area contributed by atoms with Gasteiger partial charge in [-0.15, -0.1) is 0 Å². The summed E-state index contributed by atoms with van der Waals surface area (Å²) in [5.41, 5.74) is 19.4. The molecular formula is C55H71BN2O. The second-order valence-electron chi connectivity index (χ2n) is 23.7. The molecule has 3 heterocycles. The summed E-state index contributed by atoms with van der Waals surface area (Å²) >= 11 is 0. The number of hydrogen-bond donors (Lipinski definition) is 0. The molecule has 3 aliphatic heterocycles. The Morgan fingerprint density at radius 3 is 1.78 bits per heavy atom. The van der Waals surface area contributed by atoms with Crippen LogP contribution in [0.5, 0.6) is 0 Å². The third-order valence-electron chi connectivity index (χ3n) is 15.9. The van der Waals surface area contributed by atoms with Crippen LogP contribution in [0.15, 0.2) is 78.1 Å². The topological polar surface area (TPSA) is 15.7 Å². The molecule has 5 aliphatic rings. The van der Waals surface area contributed by atoms with Crippen LogP contribution in [0.25, 0.3) is 0 Å². The zero-order valence-electron chi connectivity index (χ0n) is 39.4. The zero-order chi connectivity index (χ0) is 42.5. The second kappa shape index (κ2) is 13.0. The Kier molecular flexibility index (Phi) is 8.95. The van der Waals surface area contributed by atoms with E-state index in [1.807, 2.05) is 0 Å².